The van der Waals surface area contributed by atoms with Crippen LogP contribution in [0.2, 0.25) is 0 Å². The molecule has 7 heteroatoms. The van der Waals surface area contributed by atoms with E-state index in [1.807, 2.05) is 13.0 Å². The van der Waals surface area contributed by atoms with E-state index in [-0.39, 0.29) is 0 Å². The summed E-state index contributed by atoms with van der Waals surface area (Å²) in [6.45, 7) is 3.38. The summed E-state index contributed by atoms with van der Waals surface area (Å²) in [5, 5.41) is 11.4. The van der Waals surface area contributed by atoms with E-state index in [9.17, 15) is 9.59 Å². The molecule has 2 aromatic rings. The van der Waals surface area contributed by atoms with Crippen LogP contribution in [0.3, 0.4) is 0 Å². The highest BCUT2D eigenvalue weighted by Gasteiger charge is 2.18. The Bertz CT molecular complexity index is 827. The molecule has 2 rings (SSSR count). The van der Waals surface area contributed by atoms with Crippen molar-refractivity contribution in [2.24, 2.45) is 0 Å². The average Bonchev–Trinajstić information content (AvgIpc) is 2.68. The number of anilines is 1. The van der Waals surface area contributed by atoms with E-state index in [0.29, 0.717) is 29.4 Å². The molecule has 0 heterocycles. The molecule has 0 fully saturated rings. The summed E-state index contributed by atoms with van der Waals surface area (Å²) in [5.41, 5.74) is 0.990. The summed E-state index contributed by atoms with van der Waals surface area (Å²) in [6.07, 6.45) is -0.901. The van der Waals surface area contributed by atoms with E-state index < -0.39 is 24.6 Å². The highest BCUT2D eigenvalue weighted by Crippen LogP contribution is 2.23. The predicted molar refractivity (Wildman–Crippen MR) is 98.4 cm³/mol. The van der Waals surface area contributed by atoms with Gasteiger partial charge in [-0.15, -0.1) is 0 Å². The molecule has 2 aromatic carbocycles. The number of rotatable bonds is 8. The van der Waals surface area contributed by atoms with E-state index in [1.54, 1.807) is 48.5 Å². The van der Waals surface area contributed by atoms with Crippen LogP contribution >= 0.6 is 0 Å². The average molecular weight is 368 g/mol. The van der Waals surface area contributed by atoms with Crippen molar-refractivity contribution in [3.63, 3.8) is 0 Å². The van der Waals surface area contributed by atoms with Crippen LogP contribution in [-0.2, 0) is 14.3 Å². The minimum Gasteiger partial charge on any atom is -0.492 e. The molecule has 0 aliphatic rings. The Hall–Kier alpha value is -3.53. The highest BCUT2D eigenvalue weighted by molar-refractivity contribution is 5.94. The number of nitrogens with one attached hydrogen (secondary N) is 1. The van der Waals surface area contributed by atoms with Crippen LogP contribution in [0.5, 0.6) is 11.5 Å². The van der Waals surface area contributed by atoms with Crippen molar-refractivity contribution < 1.29 is 23.8 Å². The summed E-state index contributed by atoms with van der Waals surface area (Å²) >= 11 is 0. The third kappa shape index (κ3) is 6.04. The Balaban J connectivity index is 1.83. The SMILES string of the molecule is CCOc1ccccc1NC(=O)COC(=O)[C@@H](C)Oc1ccc(C#N)cc1. The van der Waals surface area contributed by atoms with Gasteiger partial charge in [0.1, 0.15) is 11.5 Å². The summed E-state index contributed by atoms with van der Waals surface area (Å²) in [6, 6.07) is 15.3. The molecular weight excluding hydrogens is 348 g/mol. The maximum Gasteiger partial charge on any atom is 0.347 e. The number of para-hydroxylation sites is 2. The molecule has 0 radical (unpaired) electrons. The number of hydrogen-bond donors (Lipinski definition) is 1. The largest absolute Gasteiger partial charge is 0.492 e. The van der Waals surface area contributed by atoms with Crippen LogP contribution in [0.15, 0.2) is 48.5 Å². The van der Waals surface area contributed by atoms with Crippen LogP contribution in [0, 0.1) is 11.3 Å². The summed E-state index contributed by atoms with van der Waals surface area (Å²) in [4.78, 5) is 24.0. The number of ether oxygens (including phenoxy) is 3. The number of hydrogen-bond acceptors (Lipinski definition) is 6. The van der Waals surface area contributed by atoms with Crippen LogP contribution in [0.4, 0.5) is 5.69 Å². The molecule has 0 aromatic heterocycles. The maximum atomic E-state index is 12.0. The van der Waals surface area contributed by atoms with Gasteiger partial charge in [0.05, 0.1) is 23.9 Å². The maximum absolute atomic E-state index is 12.0. The van der Waals surface area contributed by atoms with Gasteiger partial charge in [0.2, 0.25) is 0 Å². The fraction of sp³-hybridized carbons (Fsp3) is 0.250. The van der Waals surface area contributed by atoms with E-state index >= 15 is 0 Å². The topological polar surface area (TPSA) is 97.7 Å². The molecule has 1 N–H and O–H groups in total. The quantitative estimate of drug-likeness (QED) is 0.720. The molecule has 0 aliphatic carbocycles. The predicted octanol–water partition coefficient (Wildman–Crippen LogP) is 2.91. The number of carbonyl (C=O) groups is 2. The van der Waals surface area contributed by atoms with Crippen molar-refractivity contribution in [2.45, 2.75) is 20.0 Å². The molecule has 0 unspecified atom stereocenters. The van der Waals surface area contributed by atoms with Gasteiger partial charge in [-0.3, -0.25) is 4.79 Å². The molecule has 0 saturated carbocycles. The molecule has 0 saturated heterocycles. The monoisotopic (exact) mass is 368 g/mol. The first-order valence-corrected chi connectivity index (χ1v) is 8.38. The van der Waals surface area contributed by atoms with Crippen molar-refractivity contribution in [3.8, 4) is 17.6 Å². The summed E-state index contributed by atoms with van der Waals surface area (Å²) in [5.74, 6) is -0.195. The number of nitriles is 1. The second-order valence-electron chi connectivity index (χ2n) is 5.48. The Morgan fingerprint density at radius 2 is 1.85 bits per heavy atom. The van der Waals surface area contributed by atoms with Gasteiger partial charge < -0.3 is 19.5 Å². The Morgan fingerprint density at radius 1 is 1.15 bits per heavy atom. The van der Waals surface area contributed by atoms with Gasteiger partial charge in [-0.25, -0.2) is 4.79 Å². The molecular formula is C20H20N2O5. The molecule has 1 atom stereocenters. The smallest absolute Gasteiger partial charge is 0.347 e. The normalized spacial score (nSPS) is 11.0. The van der Waals surface area contributed by atoms with E-state index in [2.05, 4.69) is 5.32 Å². The van der Waals surface area contributed by atoms with Crippen molar-refractivity contribution in [1.29, 1.82) is 5.26 Å². The fourth-order valence-corrected chi connectivity index (χ4v) is 2.15. The first-order valence-electron chi connectivity index (χ1n) is 8.38. The highest BCUT2D eigenvalue weighted by atomic mass is 16.6. The van der Waals surface area contributed by atoms with Gasteiger partial charge in [0, 0.05) is 0 Å². The van der Waals surface area contributed by atoms with Gasteiger partial charge in [-0.2, -0.15) is 5.26 Å². The van der Waals surface area contributed by atoms with Gasteiger partial charge in [0.15, 0.2) is 12.7 Å². The van der Waals surface area contributed by atoms with Gasteiger partial charge in [-0.05, 0) is 50.2 Å². The lowest BCUT2D eigenvalue weighted by Crippen LogP contribution is -2.29. The first-order chi connectivity index (χ1) is 13.0. The lowest BCUT2D eigenvalue weighted by molar-refractivity contribution is -0.153. The zero-order valence-corrected chi connectivity index (χ0v) is 15.1. The molecule has 7 nitrogen and oxygen atoms in total. The summed E-state index contributed by atoms with van der Waals surface area (Å²) < 4.78 is 15.8. The Kier molecular flexibility index (Phi) is 7.20. The number of benzene rings is 2. The Morgan fingerprint density at radius 3 is 2.52 bits per heavy atom. The lowest BCUT2D eigenvalue weighted by Gasteiger charge is -2.14. The minimum atomic E-state index is -0.901. The van der Waals surface area contributed by atoms with Crippen molar-refractivity contribution >= 4 is 17.6 Å². The molecule has 140 valence electrons. The summed E-state index contributed by atoms with van der Waals surface area (Å²) in [7, 11) is 0. The van der Waals surface area contributed by atoms with Crippen molar-refractivity contribution in [3.05, 3.63) is 54.1 Å². The number of amides is 1. The van der Waals surface area contributed by atoms with Crippen molar-refractivity contribution in [2.75, 3.05) is 18.5 Å². The molecule has 0 bridgehead atoms. The molecule has 27 heavy (non-hydrogen) atoms. The van der Waals surface area contributed by atoms with Gasteiger partial charge >= 0.3 is 5.97 Å². The standard InChI is InChI=1S/C20H20N2O5/c1-3-25-18-7-5-4-6-17(18)22-19(23)13-26-20(24)14(2)27-16-10-8-15(12-21)9-11-16/h4-11,14H,3,13H2,1-2H3,(H,22,23)/t14-/m1/s1. The third-order valence-electron chi connectivity index (χ3n) is 3.43. The van der Waals surface area contributed by atoms with Gasteiger partial charge in [0.25, 0.3) is 5.91 Å². The van der Waals surface area contributed by atoms with Crippen LogP contribution in [-0.4, -0.2) is 31.2 Å². The second kappa shape index (κ2) is 9.82. The van der Waals surface area contributed by atoms with Crippen LogP contribution < -0.4 is 14.8 Å². The minimum absolute atomic E-state index is 0.425. The zero-order valence-electron chi connectivity index (χ0n) is 15.1. The number of carbonyl (C=O) groups excluding carboxylic acids is 2. The fourth-order valence-electron chi connectivity index (χ4n) is 2.15. The zero-order chi connectivity index (χ0) is 19.6. The number of nitrogens with zero attached hydrogens (tertiary/aromatic N) is 1. The van der Waals surface area contributed by atoms with Crippen LogP contribution in [0.25, 0.3) is 0 Å². The van der Waals surface area contributed by atoms with E-state index in [1.165, 1.54) is 6.92 Å². The third-order valence-corrected chi connectivity index (χ3v) is 3.43. The Labute approximate surface area is 157 Å². The molecule has 0 spiro atoms. The van der Waals surface area contributed by atoms with Gasteiger partial charge in [-0.1, -0.05) is 12.1 Å². The van der Waals surface area contributed by atoms with Crippen LogP contribution in [0.1, 0.15) is 19.4 Å². The second-order valence-corrected chi connectivity index (χ2v) is 5.48. The molecule has 1 amide bonds. The number of esters is 1. The van der Waals surface area contributed by atoms with E-state index in [0.717, 1.165) is 0 Å². The first kappa shape index (κ1) is 19.8. The molecule has 0 aliphatic heterocycles. The lowest BCUT2D eigenvalue weighted by atomic mass is 10.2. The van der Waals surface area contributed by atoms with E-state index in [4.69, 9.17) is 19.5 Å². The van der Waals surface area contributed by atoms with Crippen molar-refractivity contribution in [1.82, 2.24) is 0 Å².